The highest BCUT2D eigenvalue weighted by Gasteiger charge is 2.47. The monoisotopic (exact) mass is 465 g/mol. The fourth-order valence-corrected chi connectivity index (χ4v) is 5.06. The van der Waals surface area contributed by atoms with Gasteiger partial charge in [0.25, 0.3) is 0 Å². The molecule has 0 radical (unpaired) electrons. The summed E-state index contributed by atoms with van der Waals surface area (Å²) in [7, 11) is -0.772. The first kappa shape index (κ1) is 26.3. The van der Waals surface area contributed by atoms with Crippen LogP contribution in [0.4, 0.5) is 9.18 Å². The zero-order chi connectivity index (χ0) is 24.5. The first-order valence-corrected chi connectivity index (χ1v) is 13.4. The number of rotatable bonds is 8. The first-order valence-electron chi connectivity index (χ1n) is 11.4. The van der Waals surface area contributed by atoms with E-state index in [1.54, 1.807) is 0 Å². The van der Waals surface area contributed by atoms with Crippen molar-refractivity contribution in [2.45, 2.75) is 86.1 Å². The molecule has 0 aromatic carbocycles. The van der Waals surface area contributed by atoms with Crippen LogP contribution in [0.1, 0.15) is 74.0 Å². The van der Waals surface area contributed by atoms with Gasteiger partial charge in [-0.1, -0.05) is 34.2 Å². The van der Waals surface area contributed by atoms with E-state index in [1.807, 2.05) is 33.8 Å². The summed E-state index contributed by atoms with van der Waals surface area (Å²) >= 11 is 0. The van der Waals surface area contributed by atoms with Gasteiger partial charge in [-0.25, -0.2) is 14.2 Å². The van der Waals surface area contributed by atoms with E-state index in [0.29, 0.717) is 18.1 Å². The van der Waals surface area contributed by atoms with Gasteiger partial charge < -0.3 is 19.0 Å². The second-order valence-corrected chi connectivity index (χ2v) is 11.4. The fourth-order valence-electron chi connectivity index (χ4n) is 3.97. The standard InChI is InChI=1S/C24H40FN3O3Si/c1-15(2)23(7,8)24(9,31-32-10)19-12-17-11-18(25)14-26-20(17)28(19)16(3)13-27-21(29)30-22(4,5)6/h11-12,14-16H,13,32H2,1-10H3,(H,27,29)/t16-,24?/m1/s1. The van der Waals surface area contributed by atoms with Crippen molar-refractivity contribution in [3.05, 3.63) is 29.8 Å². The zero-order valence-corrected chi connectivity index (χ0v) is 22.7. The molecule has 0 saturated carbocycles. The maximum Gasteiger partial charge on any atom is 0.407 e. The predicted octanol–water partition coefficient (Wildman–Crippen LogP) is 5.31. The number of carbonyl (C=O) groups excluding carboxylic acids is 1. The van der Waals surface area contributed by atoms with Crippen LogP contribution in [0.2, 0.25) is 6.55 Å². The number of nitrogens with one attached hydrogen (secondary N) is 1. The second-order valence-electron chi connectivity index (χ2n) is 10.5. The predicted molar refractivity (Wildman–Crippen MR) is 130 cm³/mol. The Morgan fingerprint density at radius 3 is 2.34 bits per heavy atom. The van der Waals surface area contributed by atoms with Crippen molar-refractivity contribution in [3.63, 3.8) is 0 Å². The Kier molecular flexibility index (Phi) is 7.82. The lowest BCUT2D eigenvalue weighted by molar-refractivity contribution is -0.0640. The Balaban J connectivity index is 2.59. The zero-order valence-electron chi connectivity index (χ0n) is 21.3. The minimum Gasteiger partial charge on any atom is -0.444 e. The highest BCUT2D eigenvalue weighted by Crippen LogP contribution is 2.49. The van der Waals surface area contributed by atoms with Gasteiger partial charge in [-0.2, -0.15) is 0 Å². The SMILES string of the molecule is C[SiH2]OC(C)(c1cc2cc(F)cnc2n1[C@H](C)CNC(=O)OC(C)(C)C)C(C)(C)C(C)C. The number of fused-ring (bicyclic) bond motifs is 1. The van der Waals surface area contributed by atoms with Gasteiger partial charge in [0.15, 0.2) is 9.76 Å². The van der Waals surface area contributed by atoms with Crippen LogP contribution < -0.4 is 5.32 Å². The third-order valence-corrected chi connectivity index (χ3v) is 7.48. The van der Waals surface area contributed by atoms with Crippen LogP contribution in [0.5, 0.6) is 0 Å². The lowest BCUT2D eigenvalue weighted by Gasteiger charge is -2.48. The topological polar surface area (TPSA) is 65.4 Å². The Hall–Kier alpha value is -1.93. The van der Waals surface area contributed by atoms with Crippen molar-refractivity contribution < 1.29 is 18.3 Å². The maximum atomic E-state index is 14.0. The normalized spacial score (nSPS) is 16.0. The number of carbonyl (C=O) groups is 1. The molecule has 0 fully saturated rings. The molecule has 2 heterocycles. The summed E-state index contributed by atoms with van der Waals surface area (Å²) in [6.45, 7) is 20.9. The highest BCUT2D eigenvalue weighted by atomic mass is 28.2. The van der Waals surface area contributed by atoms with E-state index >= 15 is 0 Å². The molecule has 1 N–H and O–H groups in total. The Morgan fingerprint density at radius 2 is 1.81 bits per heavy atom. The molecule has 0 saturated heterocycles. The summed E-state index contributed by atoms with van der Waals surface area (Å²) in [6.07, 6.45) is 0.764. The maximum absolute atomic E-state index is 14.0. The molecule has 8 heteroatoms. The Morgan fingerprint density at radius 1 is 1.19 bits per heavy atom. The molecule has 0 aliphatic rings. The number of amides is 1. The van der Waals surface area contributed by atoms with Crippen molar-refractivity contribution >= 4 is 26.9 Å². The molecular weight excluding hydrogens is 425 g/mol. The van der Waals surface area contributed by atoms with Gasteiger partial charge in [-0.05, 0) is 52.7 Å². The van der Waals surface area contributed by atoms with Crippen LogP contribution >= 0.6 is 0 Å². The molecule has 2 aromatic heterocycles. The number of nitrogens with zero attached hydrogens (tertiary/aromatic N) is 2. The minimum absolute atomic E-state index is 0.155. The molecule has 0 aliphatic heterocycles. The summed E-state index contributed by atoms with van der Waals surface area (Å²) in [5, 5.41) is 3.58. The average molecular weight is 466 g/mol. The number of ether oxygens (including phenoxy) is 1. The Bertz CT molecular complexity index is 952. The summed E-state index contributed by atoms with van der Waals surface area (Å²) in [5.41, 5.74) is 0.222. The summed E-state index contributed by atoms with van der Waals surface area (Å²) in [6, 6.07) is 3.34. The third-order valence-electron chi connectivity index (χ3n) is 6.62. The van der Waals surface area contributed by atoms with E-state index in [9.17, 15) is 9.18 Å². The van der Waals surface area contributed by atoms with E-state index in [1.165, 1.54) is 12.3 Å². The average Bonchev–Trinajstić information content (AvgIpc) is 3.03. The summed E-state index contributed by atoms with van der Waals surface area (Å²) in [4.78, 5) is 16.7. The van der Waals surface area contributed by atoms with E-state index in [0.717, 1.165) is 11.1 Å². The molecule has 1 amide bonds. The molecular formula is C24H40FN3O3Si. The number of aromatic nitrogens is 2. The molecule has 2 aromatic rings. The van der Waals surface area contributed by atoms with Gasteiger partial charge in [0.1, 0.15) is 17.1 Å². The number of halogens is 1. The first-order chi connectivity index (χ1) is 14.6. The molecule has 2 rings (SSSR count). The lowest BCUT2D eigenvalue weighted by Crippen LogP contribution is -2.47. The van der Waals surface area contributed by atoms with Crippen LogP contribution in [0, 0.1) is 17.2 Å². The van der Waals surface area contributed by atoms with Crippen LogP contribution in [0.25, 0.3) is 11.0 Å². The molecule has 32 heavy (non-hydrogen) atoms. The third kappa shape index (κ3) is 5.34. The molecule has 0 spiro atoms. The molecule has 6 nitrogen and oxygen atoms in total. The molecule has 1 unspecified atom stereocenters. The van der Waals surface area contributed by atoms with Gasteiger partial charge in [-0.3, -0.25) is 0 Å². The molecule has 0 bridgehead atoms. The quantitative estimate of drug-likeness (QED) is 0.537. The van der Waals surface area contributed by atoms with E-state index < -0.39 is 27.1 Å². The van der Waals surface area contributed by atoms with Gasteiger partial charge in [0, 0.05) is 17.3 Å². The van der Waals surface area contributed by atoms with Gasteiger partial charge in [0.05, 0.1) is 23.5 Å². The van der Waals surface area contributed by atoms with Crippen molar-refractivity contribution in [2.75, 3.05) is 6.54 Å². The van der Waals surface area contributed by atoms with Crippen molar-refractivity contribution in [2.24, 2.45) is 11.3 Å². The Labute approximate surface area is 194 Å². The summed E-state index contributed by atoms with van der Waals surface area (Å²) < 4.78 is 28.1. The minimum atomic E-state index is -0.772. The number of hydrogen-bond acceptors (Lipinski definition) is 4. The largest absolute Gasteiger partial charge is 0.444 e. The van der Waals surface area contributed by atoms with Crippen molar-refractivity contribution in [3.8, 4) is 0 Å². The molecule has 180 valence electrons. The van der Waals surface area contributed by atoms with E-state index in [-0.39, 0.29) is 17.3 Å². The lowest BCUT2D eigenvalue weighted by atomic mass is 9.67. The van der Waals surface area contributed by atoms with Gasteiger partial charge in [0.2, 0.25) is 0 Å². The smallest absolute Gasteiger partial charge is 0.407 e. The van der Waals surface area contributed by atoms with Crippen LogP contribution in [-0.2, 0) is 14.8 Å². The number of pyridine rings is 1. The highest BCUT2D eigenvalue weighted by molar-refractivity contribution is 6.25. The van der Waals surface area contributed by atoms with Crippen LogP contribution in [0.15, 0.2) is 18.3 Å². The summed E-state index contributed by atoms with van der Waals surface area (Å²) in [5.74, 6) is -0.0456. The van der Waals surface area contributed by atoms with E-state index in [2.05, 4.69) is 56.0 Å². The van der Waals surface area contributed by atoms with Crippen molar-refractivity contribution in [1.29, 1.82) is 0 Å². The van der Waals surface area contributed by atoms with E-state index in [4.69, 9.17) is 9.16 Å². The van der Waals surface area contributed by atoms with Crippen LogP contribution in [0.3, 0.4) is 0 Å². The van der Waals surface area contributed by atoms with Crippen molar-refractivity contribution in [1.82, 2.24) is 14.9 Å². The molecule has 0 aliphatic carbocycles. The van der Waals surface area contributed by atoms with Gasteiger partial charge in [-0.15, -0.1) is 0 Å². The molecule has 2 atom stereocenters. The van der Waals surface area contributed by atoms with Crippen LogP contribution in [-0.4, -0.2) is 37.6 Å². The number of alkyl carbamates (subject to hydrolysis) is 1. The van der Waals surface area contributed by atoms with Gasteiger partial charge >= 0.3 is 6.09 Å². The second kappa shape index (κ2) is 9.51. The number of hydrogen-bond donors (Lipinski definition) is 1. The fraction of sp³-hybridized carbons (Fsp3) is 0.667.